The van der Waals surface area contributed by atoms with E-state index in [-0.39, 0.29) is 29.7 Å². The molecule has 0 radical (unpaired) electrons. The molecular weight excluding hydrogens is 416 g/mol. The number of amides is 3. The third kappa shape index (κ3) is 2.96. The molecule has 164 valence electrons. The van der Waals surface area contributed by atoms with E-state index in [4.69, 9.17) is 14.5 Å². The molecule has 3 fully saturated rings. The zero-order chi connectivity index (χ0) is 21.5. The quantitative estimate of drug-likeness (QED) is 0.729. The number of rotatable bonds is 1. The number of thiazole rings is 1. The first kappa shape index (κ1) is 19.2. The molecular formula is C22H26N4O4S. The Labute approximate surface area is 184 Å². The molecule has 0 bridgehead atoms. The fraction of sp³-hybridized carbons (Fsp3) is 0.591. The van der Waals surface area contributed by atoms with Gasteiger partial charge in [-0.15, -0.1) is 0 Å². The minimum absolute atomic E-state index is 0.0152. The summed E-state index contributed by atoms with van der Waals surface area (Å²) in [4.78, 5) is 34.4. The average Bonchev–Trinajstić information content (AvgIpc) is 3.05. The second-order valence-corrected chi connectivity index (χ2v) is 11.0. The van der Waals surface area contributed by atoms with Gasteiger partial charge in [0, 0.05) is 24.1 Å². The first-order chi connectivity index (χ1) is 14.7. The fourth-order valence-corrected chi connectivity index (χ4v) is 6.19. The van der Waals surface area contributed by atoms with Gasteiger partial charge in [0.1, 0.15) is 11.4 Å². The maximum atomic E-state index is 13.0. The number of likely N-dealkylation sites (tertiary alicyclic amines) is 1. The van der Waals surface area contributed by atoms with Crippen LogP contribution in [0.15, 0.2) is 12.1 Å². The Hall–Kier alpha value is -2.55. The summed E-state index contributed by atoms with van der Waals surface area (Å²) in [6, 6.07) is 3.74. The number of carbonyl (C=O) groups excluding carboxylic acids is 2. The van der Waals surface area contributed by atoms with Crippen molar-refractivity contribution in [3.63, 3.8) is 0 Å². The number of nitrogens with zero attached hydrogens (tertiary/aromatic N) is 3. The minimum Gasteiger partial charge on any atom is -0.493 e. The van der Waals surface area contributed by atoms with Crippen LogP contribution in [0.5, 0.6) is 5.75 Å². The van der Waals surface area contributed by atoms with Crippen molar-refractivity contribution in [1.29, 1.82) is 0 Å². The van der Waals surface area contributed by atoms with Crippen molar-refractivity contribution in [2.75, 3.05) is 18.1 Å². The number of nitrogens with one attached hydrogen (secondary N) is 1. The topological polar surface area (TPSA) is 84.0 Å². The Morgan fingerprint density at radius 2 is 2.16 bits per heavy atom. The highest BCUT2D eigenvalue weighted by Crippen LogP contribution is 2.51. The third-order valence-electron chi connectivity index (χ3n) is 6.73. The van der Waals surface area contributed by atoms with Gasteiger partial charge in [-0.3, -0.25) is 4.90 Å². The van der Waals surface area contributed by atoms with E-state index in [0.717, 1.165) is 52.3 Å². The highest BCUT2D eigenvalue weighted by Gasteiger charge is 2.60. The number of aromatic nitrogens is 1. The van der Waals surface area contributed by atoms with Crippen molar-refractivity contribution in [3.05, 3.63) is 17.7 Å². The van der Waals surface area contributed by atoms with Crippen LogP contribution in [-0.4, -0.2) is 58.4 Å². The van der Waals surface area contributed by atoms with Gasteiger partial charge in [0.15, 0.2) is 5.13 Å². The molecule has 2 atom stereocenters. The lowest BCUT2D eigenvalue weighted by atomic mass is 9.92. The third-order valence-corrected chi connectivity index (χ3v) is 7.75. The van der Waals surface area contributed by atoms with Crippen molar-refractivity contribution in [3.8, 4) is 5.75 Å². The molecule has 1 aromatic heterocycles. The largest absolute Gasteiger partial charge is 0.493 e. The summed E-state index contributed by atoms with van der Waals surface area (Å²) in [5.41, 5.74) is 1.33. The normalized spacial score (nSPS) is 26.0. The number of hydrogen-bond acceptors (Lipinski definition) is 6. The summed E-state index contributed by atoms with van der Waals surface area (Å²) in [5, 5.41) is 3.82. The van der Waals surface area contributed by atoms with Crippen LogP contribution >= 0.6 is 11.3 Å². The summed E-state index contributed by atoms with van der Waals surface area (Å²) in [6.07, 6.45) is 3.20. The number of anilines is 1. The molecule has 1 spiro atoms. The molecule has 3 amide bonds. The van der Waals surface area contributed by atoms with Crippen molar-refractivity contribution in [2.24, 2.45) is 0 Å². The summed E-state index contributed by atoms with van der Waals surface area (Å²) in [5.74, 6) is 0.899. The number of benzene rings is 1. The maximum absolute atomic E-state index is 13.0. The second kappa shape index (κ2) is 6.25. The van der Waals surface area contributed by atoms with Gasteiger partial charge >= 0.3 is 12.1 Å². The highest BCUT2D eigenvalue weighted by molar-refractivity contribution is 7.22. The molecule has 2 saturated heterocycles. The average molecular weight is 443 g/mol. The zero-order valence-corrected chi connectivity index (χ0v) is 18.8. The van der Waals surface area contributed by atoms with Crippen LogP contribution in [-0.2, 0) is 11.2 Å². The zero-order valence-electron chi connectivity index (χ0n) is 17.9. The van der Waals surface area contributed by atoms with E-state index in [1.54, 1.807) is 11.3 Å². The summed E-state index contributed by atoms with van der Waals surface area (Å²) in [6.45, 7) is 6.79. The van der Waals surface area contributed by atoms with Crippen LogP contribution in [0.3, 0.4) is 0 Å². The summed E-state index contributed by atoms with van der Waals surface area (Å²) < 4.78 is 12.4. The van der Waals surface area contributed by atoms with Crippen LogP contribution < -0.4 is 15.0 Å². The van der Waals surface area contributed by atoms with Crippen molar-refractivity contribution >= 4 is 38.8 Å². The molecule has 3 aliphatic heterocycles. The summed E-state index contributed by atoms with van der Waals surface area (Å²) in [7, 11) is 0. The number of urea groups is 1. The summed E-state index contributed by atoms with van der Waals surface area (Å²) >= 11 is 1.55. The van der Waals surface area contributed by atoms with Gasteiger partial charge in [-0.1, -0.05) is 11.3 Å². The SMILES string of the molecule is CC(C)(C)OC(=O)N1C[C@@H]2NC(=O)N(c3nc4c5c(ccc4s3)OCC5)[C@@H]2CC12CC2. The van der Waals surface area contributed by atoms with Crippen LogP contribution in [0, 0.1) is 0 Å². The van der Waals surface area contributed by atoms with Crippen LogP contribution in [0.2, 0.25) is 0 Å². The lowest BCUT2D eigenvalue weighted by Crippen LogP contribution is -2.59. The first-order valence-electron chi connectivity index (χ1n) is 10.9. The Kier molecular flexibility index (Phi) is 3.86. The Bertz CT molecular complexity index is 1100. The monoisotopic (exact) mass is 442 g/mol. The molecule has 4 heterocycles. The molecule has 1 N–H and O–H groups in total. The molecule has 31 heavy (non-hydrogen) atoms. The second-order valence-electron chi connectivity index (χ2n) is 10.00. The van der Waals surface area contributed by atoms with Gasteiger partial charge in [0.25, 0.3) is 0 Å². The van der Waals surface area contributed by atoms with E-state index in [2.05, 4.69) is 5.32 Å². The van der Waals surface area contributed by atoms with E-state index < -0.39 is 5.60 Å². The van der Waals surface area contributed by atoms with E-state index in [9.17, 15) is 9.59 Å². The number of ether oxygens (including phenoxy) is 2. The van der Waals surface area contributed by atoms with Crippen molar-refractivity contribution in [1.82, 2.24) is 15.2 Å². The van der Waals surface area contributed by atoms with Crippen LogP contribution in [0.25, 0.3) is 10.2 Å². The first-order valence-corrected chi connectivity index (χ1v) is 11.7. The molecule has 1 aliphatic carbocycles. The van der Waals surface area contributed by atoms with Crippen molar-refractivity contribution < 1.29 is 19.1 Å². The molecule has 0 unspecified atom stereocenters. The van der Waals surface area contributed by atoms with E-state index in [1.807, 2.05) is 42.7 Å². The molecule has 6 rings (SSSR count). The highest BCUT2D eigenvalue weighted by atomic mass is 32.1. The molecule has 1 saturated carbocycles. The van der Waals surface area contributed by atoms with Gasteiger partial charge in [-0.05, 0) is 52.2 Å². The molecule has 1 aromatic carbocycles. The lowest BCUT2D eigenvalue weighted by Gasteiger charge is -2.43. The fourth-order valence-electron chi connectivity index (χ4n) is 5.14. The van der Waals surface area contributed by atoms with E-state index in [0.29, 0.717) is 13.2 Å². The van der Waals surface area contributed by atoms with E-state index >= 15 is 0 Å². The lowest BCUT2D eigenvalue weighted by molar-refractivity contribution is 0.00150. The molecule has 8 nitrogen and oxygen atoms in total. The van der Waals surface area contributed by atoms with Gasteiger partial charge in [-0.2, -0.15) is 0 Å². The predicted molar refractivity (Wildman–Crippen MR) is 117 cm³/mol. The molecule has 9 heteroatoms. The Morgan fingerprint density at radius 1 is 1.35 bits per heavy atom. The Morgan fingerprint density at radius 3 is 2.90 bits per heavy atom. The van der Waals surface area contributed by atoms with Crippen LogP contribution in [0.1, 0.15) is 45.6 Å². The number of carbonyl (C=O) groups is 2. The van der Waals surface area contributed by atoms with Crippen LogP contribution in [0.4, 0.5) is 14.7 Å². The number of fused-ring (bicyclic) bond motifs is 4. The predicted octanol–water partition coefficient (Wildman–Crippen LogP) is 3.67. The Balaban J connectivity index is 1.31. The number of hydrogen-bond donors (Lipinski definition) is 1. The van der Waals surface area contributed by atoms with Gasteiger partial charge in [0.2, 0.25) is 0 Å². The minimum atomic E-state index is -0.542. The maximum Gasteiger partial charge on any atom is 0.410 e. The molecule has 2 aromatic rings. The van der Waals surface area contributed by atoms with Crippen molar-refractivity contribution in [2.45, 2.75) is 69.7 Å². The van der Waals surface area contributed by atoms with Gasteiger partial charge < -0.3 is 19.7 Å². The molecule has 4 aliphatic rings. The van der Waals surface area contributed by atoms with Gasteiger partial charge in [0.05, 0.1) is 28.9 Å². The van der Waals surface area contributed by atoms with E-state index in [1.165, 1.54) is 0 Å². The standard InChI is InChI=1S/C22H26N4O4S/c1-21(2,3)30-20(28)25-11-13-14(10-22(25)7-8-22)26(18(27)23-13)19-24-17-12-6-9-29-15(12)4-5-16(17)31-19/h4-5,13-14H,6-11H2,1-3H3,(H,23,27)/t13-,14+/m0/s1. The van der Waals surface area contributed by atoms with Gasteiger partial charge in [-0.25, -0.2) is 14.6 Å². The number of piperidine rings is 1. The smallest absolute Gasteiger partial charge is 0.410 e.